The molecule has 2 aromatic rings. The van der Waals surface area contributed by atoms with Gasteiger partial charge in [0.05, 0.1) is 11.3 Å². The molecule has 0 radical (unpaired) electrons. The summed E-state index contributed by atoms with van der Waals surface area (Å²) in [5.41, 5.74) is 2.08. The second-order valence-electron chi connectivity index (χ2n) is 8.83. The molecule has 0 saturated heterocycles. The molecule has 1 aromatic carbocycles. The van der Waals surface area contributed by atoms with Crippen molar-refractivity contribution in [2.24, 2.45) is 0 Å². The molecule has 1 amide bonds. The molecule has 0 aliphatic heterocycles. The Morgan fingerprint density at radius 1 is 1.00 bits per heavy atom. The maximum Gasteiger partial charge on any atom is 0.257 e. The smallest absolute Gasteiger partial charge is 0.257 e. The third-order valence-electron chi connectivity index (χ3n) is 6.35. The van der Waals surface area contributed by atoms with E-state index in [9.17, 15) is 20.1 Å². The van der Waals surface area contributed by atoms with Gasteiger partial charge in [-0.25, -0.2) is 0 Å². The molecule has 8 heteroatoms. The first-order valence-corrected chi connectivity index (χ1v) is 11.3. The number of aromatic hydroxyl groups is 3. The molecule has 0 bridgehead atoms. The average Bonchev–Trinajstić information content (AvgIpc) is 3.37. The number of hydrogen-bond acceptors (Lipinski definition) is 6. The standard InChI is InChI=1S/C24H32N4O4/c1-27(2)22(30)17-13-8-14-18(21(17)29)26-20-19(25-15-9-6-7-10-15)23(31)28(24(20)32)16-11-4-3-5-12-16/h8-9,13-14,16,25-26,29,31-32H,3-7,10-12H2,1-2H3. The Labute approximate surface area is 188 Å². The van der Waals surface area contributed by atoms with Crippen LogP contribution in [0.15, 0.2) is 30.0 Å². The summed E-state index contributed by atoms with van der Waals surface area (Å²) in [6.07, 6.45) is 9.99. The Balaban J connectivity index is 1.76. The van der Waals surface area contributed by atoms with Gasteiger partial charge in [-0.1, -0.05) is 31.4 Å². The molecule has 2 aliphatic rings. The number of para-hydroxylation sites is 1. The number of anilines is 3. The summed E-state index contributed by atoms with van der Waals surface area (Å²) >= 11 is 0. The molecule has 1 saturated carbocycles. The number of carbonyl (C=O) groups excluding carboxylic acids is 1. The fourth-order valence-corrected chi connectivity index (χ4v) is 4.62. The van der Waals surface area contributed by atoms with Crippen LogP contribution in [0, 0.1) is 0 Å². The van der Waals surface area contributed by atoms with Crippen LogP contribution in [0.5, 0.6) is 17.5 Å². The van der Waals surface area contributed by atoms with Crippen LogP contribution in [0.25, 0.3) is 0 Å². The largest absolute Gasteiger partial charge is 0.505 e. The van der Waals surface area contributed by atoms with Crippen molar-refractivity contribution in [1.29, 1.82) is 0 Å². The third kappa shape index (κ3) is 4.09. The van der Waals surface area contributed by atoms with Crippen LogP contribution in [0.1, 0.15) is 67.8 Å². The second-order valence-corrected chi connectivity index (χ2v) is 8.83. The van der Waals surface area contributed by atoms with E-state index in [0.717, 1.165) is 57.1 Å². The second kappa shape index (κ2) is 9.06. The molecule has 172 valence electrons. The molecule has 0 unspecified atom stereocenters. The first-order valence-electron chi connectivity index (χ1n) is 11.3. The Bertz CT molecular complexity index is 1040. The number of benzene rings is 1. The zero-order chi connectivity index (χ0) is 22.8. The van der Waals surface area contributed by atoms with Crippen molar-refractivity contribution in [3.8, 4) is 17.5 Å². The van der Waals surface area contributed by atoms with Crippen LogP contribution >= 0.6 is 0 Å². The molecule has 5 N–H and O–H groups in total. The SMILES string of the molecule is CN(C)C(=O)c1cccc(Nc2c(NC3=CCCC3)c(O)n(C3CCCCC3)c2O)c1O. The molecule has 0 spiro atoms. The minimum atomic E-state index is -0.326. The van der Waals surface area contributed by atoms with Crippen LogP contribution in [0.3, 0.4) is 0 Å². The van der Waals surface area contributed by atoms with Gasteiger partial charge in [0.25, 0.3) is 5.91 Å². The number of nitrogens with one attached hydrogen (secondary N) is 2. The zero-order valence-electron chi connectivity index (χ0n) is 18.7. The molecule has 2 aliphatic carbocycles. The Morgan fingerprint density at radius 3 is 2.31 bits per heavy atom. The highest BCUT2D eigenvalue weighted by atomic mass is 16.3. The quantitative estimate of drug-likeness (QED) is 0.403. The van der Waals surface area contributed by atoms with E-state index in [1.165, 1.54) is 4.90 Å². The highest BCUT2D eigenvalue weighted by Gasteiger charge is 2.30. The van der Waals surface area contributed by atoms with Crippen molar-refractivity contribution in [2.75, 3.05) is 24.7 Å². The topological polar surface area (TPSA) is 110 Å². The number of rotatable bonds is 6. The van der Waals surface area contributed by atoms with E-state index in [0.29, 0.717) is 5.69 Å². The molecule has 1 aromatic heterocycles. The molecular weight excluding hydrogens is 408 g/mol. The number of allylic oxidation sites excluding steroid dienone is 2. The molecule has 32 heavy (non-hydrogen) atoms. The van der Waals surface area contributed by atoms with Crippen LogP contribution in [-0.2, 0) is 0 Å². The van der Waals surface area contributed by atoms with Gasteiger partial charge in [-0.15, -0.1) is 0 Å². The highest BCUT2D eigenvalue weighted by molar-refractivity contribution is 5.99. The van der Waals surface area contributed by atoms with Crippen molar-refractivity contribution < 1.29 is 20.1 Å². The van der Waals surface area contributed by atoms with E-state index < -0.39 is 0 Å². The van der Waals surface area contributed by atoms with Crippen LogP contribution in [-0.4, -0.2) is 44.8 Å². The summed E-state index contributed by atoms with van der Waals surface area (Å²) in [4.78, 5) is 13.8. The minimum absolute atomic E-state index is 0.00709. The number of phenols is 1. The lowest BCUT2D eigenvalue weighted by Gasteiger charge is -2.24. The maximum absolute atomic E-state index is 12.4. The predicted octanol–water partition coefficient (Wildman–Crippen LogP) is 5.04. The van der Waals surface area contributed by atoms with Crippen LogP contribution in [0.4, 0.5) is 17.1 Å². The van der Waals surface area contributed by atoms with E-state index in [2.05, 4.69) is 16.7 Å². The van der Waals surface area contributed by atoms with E-state index in [-0.39, 0.29) is 46.4 Å². The first-order chi connectivity index (χ1) is 15.4. The van der Waals surface area contributed by atoms with Gasteiger partial charge < -0.3 is 30.9 Å². The third-order valence-corrected chi connectivity index (χ3v) is 6.35. The number of aromatic nitrogens is 1. The molecule has 1 fully saturated rings. The van der Waals surface area contributed by atoms with Crippen molar-refractivity contribution in [2.45, 2.75) is 57.4 Å². The summed E-state index contributed by atoms with van der Waals surface area (Å²) in [5.74, 6) is -0.641. The predicted molar refractivity (Wildman–Crippen MR) is 125 cm³/mol. The van der Waals surface area contributed by atoms with E-state index in [1.54, 1.807) is 36.9 Å². The summed E-state index contributed by atoms with van der Waals surface area (Å²) < 4.78 is 1.59. The van der Waals surface area contributed by atoms with Gasteiger partial charge in [0.15, 0.2) is 5.75 Å². The van der Waals surface area contributed by atoms with Gasteiger partial charge in [-0.2, -0.15) is 0 Å². The van der Waals surface area contributed by atoms with Crippen molar-refractivity contribution >= 4 is 23.0 Å². The average molecular weight is 441 g/mol. The lowest BCUT2D eigenvalue weighted by Crippen LogP contribution is -2.21. The van der Waals surface area contributed by atoms with Crippen LogP contribution < -0.4 is 10.6 Å². The van der Waals surface area contributed by atoms with Gasteiger partial charge in [0.1, 0.15) is 11.4 Å². The van der Waals surface area contributed by atoms with Gasteiger partial charge in [-0.05, 0) is 44.2 Å². The molecule has 4 rings (SSSR count). The van der Waals surface area contributed by atoms with Crippen molar-refractivity contribution in [3.05, 3.63) is 35.5 Å². The zero-order valence-corrected chi connectivity index (χ0v) is 18.7. The van der Waals surface area contributed by atoms with E-state index >= 15 is 0 Å². The van der Waals surface area contributed by atoms with E-state index in [4.69, 9.17) is 0 Å². The minimum Gasteiger partial charge on any atom is -0.505 e. The molecular formula is C24H32N4O4. The Morgan fingerprint density at radius 2 is 1.69 bits per heavy atom. The van der Waals surface area contributed by atoms with Gasteiger partial charge in [-0.3, -0.25) is 9.36 Å². The fourth-order valence-electron chi connectivity index (χ4n) is 4.62. The number of hydrogen-bond donors (Lipinski definition) is 5. The normalized spacial score (nSPS) is 16.6. The number of amides is 1. The first kappa shape index (κ1) is 21.9. The lowest BCUT2D eigenvalue weighted by molar-refractivity contribution is 0.0824. The van der Waals surface area contributed by atoms with E-state index in [1.807, 2.05) is 0 Å². The van der Waals surface area contributed by atoms with Gasteiger partial charge in [0.2, 0.25) is 11.8 Å². The number of nitrogens with zero attached hydrogens (tertiary/aromatic N) is 2. The Kier molecular flexibility index (Phi) is 6.21. The highest BCUT2D eigenvalue weighted by Crippen LogP contribution is 2.50. The van der Waals surface area contributed by atoms with Crippen molar-refractivity contribution in [3.63, 3.8) is 0 Å². The van der Waals surface area contributed by atoms with Crippen LogP contribution in [0.2, 0.25) is 0 Å². The lowest BCUT2D eigenvalue weighted by atomic mass is 9.95. The van der Waals surface area contributed by atoms with Gasteiger partial charge in [0, 0.05) is 25.8 Å². The monoisotopic (exact) mass is 440 g/mol. The van der Waals surface area contributed by atoms with Crippen molar-refractivity contribution in [1.82, 2.24) is 9.47 Å². The molecule has 1 heterocycles. The number of phenolic OH excluding ortho intramolecular Hbond substituents is 1. The fraction of sp³-hybridized carbons (Fsp3) is 0.458. The summed E-state index contributed by atoms with van der Waals surface area (Å²) in [6.45, 7) is 0. The maximum atomic E-state index is 12.4. The molecule has 8 nitrogen and oxygen atoms in total. The van der Waals surface area contributed by atoms with Gasteiger partial charge >= 0.3 is 0 Å². The summed E-state index contributed by atoms with van der Waals surface area (Å²) in [5, 5.41) is 39.4. The molecule has 0 atom stereocenters. The number of carbonyl (C=O) groups is 1. The summed E-state index contributed by atoms with van der Waals surface area (Å²) in [7, 11) is 3.24. The summed E-state index contributed by atoms with van der Waals surface area (Å²) in [6, 6.07) is 4.86. The Hall–Kier alpha value is -3.29.